The molecule has 124 valence electrons. The summed E-state index contributed by atoms with van der Waals surface area (Å²) < 4.78 is 13.1. The highest BCUT2D eigenvalue weighted by atomic mass is 35.5. The molecule has 1 aromatic carbocycles. The van der Waals surface area contributed by atoms with Crippen LogP contribution in [0.4, 0.5) is 4.39 Å². The van der Waals surface area contributed by atoms with Gasteiger partial charge in [-0.3, -0.25) is 4.79 Å². The van der Waals surface area contributed by atoms with Crippen LogP contribution in [-0.4, -0.2) is 29.9 Å². The number of nitrogens with zero attached hydrogens (tertiary/aromatic N) is 1. The predicted molar refractivity (Wildman–Crippen MR) is 94.8 cm³/mol. The Labute approximate surface area is 145 Å². The van der Waals surface area contributed by atoms with E-state index in [2.05, 4.69) is 0 Å². The van der Waals surface area contributed by atoms with E-state index in [1.807, 2.05) is 17.9 Å². The number of carbonyl (C=O) groups excluding carboxylic acids is 1. The lowest BCUT2D eigenvalue weighted by atomic mass is 10.1. The van der Waals surface area contributed by atoms with Crippen LogP contribution >= 0.6 is 23.7 Å². The number of hydrogen-bond donors (Lipinski definition) is 1. The third kappa shape index (κ3) is 3.57. The Morgan fingerprint density at radius 1 is 1.39 bits per heavy atom. The summed E-state index contributed by atoms with van der Waals surface area (Å²) in [7, 11) is 0. The highest BCUT2D eigenvalue weighted by Crippen LogP contribution is 2.34. The van der Waals surface area contributed by atoms with E-state index in [4.69, 9.17) is 5.73 Å². The number of carbonyl (C=O) groups is 1. The molecule has 1 unspecified atom stereocenters. The second kappa shape index (κ2) is 7.43. The van der Waals surface area contributed by atoms with Crippen molar-refractivity contribution in [3.8, 4) is 10.4 Å². The van der Waals surface area contributed by atoms with Gasteiger partial charge in [-0.25, -0.2) is 4.39 Å². The van der Waals surface area contributed by atoms with Crippen LogP contribution in [0.5, 0.6) is 0 Å². The topological polar surface area (TPSA) is 46.3 Å². The van der Waals surface area contributed by atoms with Crippen molar-refractivity contribution < 1.29 is 9.18 Å². The Balaban J connectivity index is 0.00000192. The van der Waals surface area contributed by atoms with Gasteiger partial charge in [0.05, 0.1) is 4.88 Å². The van der Waals surface area contributed by atoms with Crippen LogP contribution < -0.4 is 5.73 Å². The molecule has 2 aromatic rings. The summed E-state index contributed by atoms with van der Waals surface area (Å²) in [5.74, 6) is -0.188. The average Bonchev–Trinajstić information content (AvgIpc) is 3.14. The van der Waals surface area contributed by atoms with Gasteiger partial charge in [0.15, 0.2) is 0 Å². The van der Waals surface area contributed by atoms with Crippen molar-refractivity contribution in [3.63, 3.8) is 0 Å². The Kier molecular flexibility index (Phi) is 5.79. The summed E-state index contributed by atoms with van der Waals surface area (Å²) in [5.41, 5.74) is 7.74. The number of likely N-dealkylation sites (tertiary alicyclic amines) is 1. The fourth-order valence-electron chi connectivity index (χ4n) is 2.97. The fraction of sp³-hybridized carbons (Fsp3) is 0.353. The Bertz CT molecular complexity index is 686. The third-order valence-corrected chi connectivity index (χ3v) is 5.42. The maximum atomic E-state index is 13.1. The predicted octanol–water partition coefficient (Wildman–Crippen LogP) is 3.85. The molecule has 1 aromatic heterocycles. The fourth-order valence-corrected chi connectivity index (χ4v) is 4.10. The Morgan fingerprint density at radius 2 is 2.09 bits per heavy atom. The summed E-state index contributed by atoms with van der Waals surface area (Å²) in [6.07, 6.45) is 2.00. The van der Waals surface area contributed by atoms with Gasteiger partial charge in [0.1, 0.15) is 5.82 Å². The molecule has 1 aliphatic heterocycles. The lowest BCUT2D eigenvalue weighted by molar-refractivity contribution is 0.0746. The van der Waals surface area contributed by atoms with Crippen LogP contribution in [0.3, 0.4) is 0 Å². The Morgan fingerprint density at radius 3 is 2.74 bits per heavy atom. The number of halogens is 2. The molecule has 1 aliphatic rings. The van der Waals surface area contributed by atoms with Crippen LogP contribution in [0.25, 0.3) is 10.4 Å². The van der Waals surface area contributed by atoms with E-state index < -0.39 is 0 Å². The minimum absolute atomic E-state index is 0. The first-order valence-corrected chi connectivity index (χ1v) is 8.29. The molecule has 3 rings (SSSR count). The molecule has 0 spiro atoms. The van der Waals surface area contributed by atoms with Gasteiger partial charge >= 0.3 is 0 Å². The lowest BCUT2D eigenvalue weighted by Gasteiger charge is -2.22. The summed E-state index contributed by atoms with van der Waals surface area (Å²) in [4.78, 5) is 16.3. The number of aryl methyl sites for hydroxylation is 1. The van der Waals surface area contributed by atoms with E-state index in [0.717, 1.165) is 40.3 Å². The molecule has 0 saturated carbocycles. The number of hydrogen-bond acceptors (Lipinski definition) is 3. The van der Waals surface area contributed by atoms with Crippen molar-refractivity contribution in [1.82, 2.24) is 4.90 Å². The quantitative estimate of drug-likeness (QED) is 0.910. The Hall–Kier alpha value is -1.43. The van der Waals surface area contributed by atoms with E-state index in [9.17, 15) is 9.18 Å². The number of rotatable bonds is 3. The van der Waals surface area contributed by atoms with Crippen LogP contribution in [-0.2, 0) is 0 Å². The van der Waals surface area contributed by atoms with Gasteiger partial charge in [0, 0.05) is 24.0 Å². The molecule has 6 heteroatoms. The molecule has 1 saturated heterocycles. The summed E-state index contributed by atoms with van der Waals surface area (Å²) in [6.45, 7) is 3.28. The molecule has 0 bridgehead atoms. The SMILES string of the molecule is Cc1cc(C(=O)N2CCCC2CN)sc1-c1ccc(F)cc1.Cl. The van der Waals surface area contributed by atoms with Gasteiger partial charge in [-0.2, -0.15) is 0 Å². The zero-order valence-electron chi connectivity index (χ0n) is 12.9. The minimum atomic E-state index is -0.253. The number of amides is 1. The first-order valence-electron chi connectivity index (χ1n) is 7.47. The molecule has 1 atom stereocenters. The van der Waals surface area contributed by atoms with Gasteiger partial charge in [-0.05, 0) is 49.1 Å². The van der Waals surface area contributed by atoms with E-state index in [0.29, 0.717) is 6.54 Å². The molecule has 1 fully saturated rings. The number of benzene rings is 1. The molecule has 1 amide bonds. The van der Waals surface area contributed by atoms with Gasteiger partial charge in [0.2, 0.25) is 0 Å². The van der Waals surface area contributed by atoms with E-state index in [-0.39, 0.29) is 30.2 Å². The van der Waals surface area contributed by atoms with Crippen molar-refractivity contribution in [2.24, 2.45) is 5.73 Å². The maximum Gasteiger partial charge on any atom is 0.264 e. The van der Waals surface area contributed by atoms with Crippen molar-refractivity contribution in [3.05, 3.63) is 46.6 Å². The molecule has 23 heavy (non-hydrogen) atoms. The highest BCUT2D eigenvalue weighted by Gasteiger charge is 2.29. The van der Waals surface area contributed by atoms with Crippen LogP contribution in [0.2, 0.25) is 0 Å². The third-order valence-electron chi connectivity index (χ3n) is 4.15. The van der Waals surface area contributed by atoms with Gasteiger partial charge in [0.25, 0.3) is 5.91 Å². The first kappa shape index (κ1) is 17.9. The van der Waals surface area contributed by atoms with Gasteiger partial charge in [-0.1, -0.05) is 12.1 Å². The van der Waals surface area contributed by atoms with Crippen LogP contribution in [0, 0.1) is 12.7 Å². The van der Waals surface area contributed by atoms with Crippen molar-refractivity contribution in [2.75, 3.05) is 13.1 Å². The van der Waals surface area contributed by atoms with Gasteiger partial charge in [-0.15, -0.1) is 23.7 Å². The van der Waals surface area contributed by atoms with Crippen molar-refractivity contribution in [1.29, 1.82) is 0 Å². The lowest BCUT2D eigenvalue weighted by Crippen LogP contribution is -2.39. The second-order valence-corrected chi connectivity index (χ2v) is 6.71. The maximum absolute atomic E-state index is 13.1. The van der Waals surface area contributed by atoms with E-state index >= 15 is 0 Å². The molecular formula is C17H20ClFN2OS. The molecular weight excluding hydrogens is 335 g/mol. The smallest absolute Gasteiger partial charge is 0.264 e. The molecule has 0 radical (unpaired) electrons. The van der Waals surface area contributed by atoms with E-state index in [1.165, 1.54) is 23.5 Å². The number of nitrogens with two attached hydrogens (primary N) is 1. The van der Waals surface area contributed by atoms with Crippen molar-refractivity contribution in [2.45, 2.75) is 25.8 Å². The minimum Gasteiger partial charge on any atom is -0.334 e. The highest BCUT2D eigenvalue weighted by molar-refractivity contribution is 7.17. The molecule has 2 N–H and O–H groups in total. The standard InChI is InChI=1S/C17H19FN2OS.ClH/c1-11-9-15(17(21)20-8-2-3-14(20)10-19)22-16(11)12-4-6-13(18)7-5-12;/h4-7,9,14H,2-3,8,10,19H2,1H3;1H. The molecule has 3 nitrogen and oxygen atoms in total. The first-order chi connectivity index (χ1) is 10.6. The molecule has 2 heterocycles. The zero-order chi connectivity index (χ0) is 15.7. The summed E-state index contributed by atoms with van der Waals surface area (Å²) >= 11 is 1.47. The van der Waals surface area contributed by atoms with Crippen LogP contribution in [0.15, 0.2) is 30.3 Å². The van der Waals surface area contributed by atoms with Crippen molar-refractivity contribution >= 4 is 29.7 Å². The monoisotopic (exact) mass is 354 g/mol. The second-order valence-electron chi connectivity index (χ2n) is 5.66. The average molecular weight is 355 g/mol. The van der Waals surface area contributed by atoms with Crippen LogP contribution in [0.1, 0.15) is 28.1 Å². The zero-order valence-corrected chi connectivity index (χ0v) is 14.6. The normalized spacial score (nSPS) is 17.2. The molecule has 0 aliphatic carbocycles. The van der Waals surface area contributed by atoms with Gasteiger partial charge < -0.3 is 10.6 Å². The number of thiophene rings is 1. The van der Waals surface area contributed by atoms with E-state index in [1.54, 1.807) is 12.1 Å². The largest absolute Gasteiger partial charge is 0.334 e. The summed E-state index contributed by atoms with van der Waals surface area (Å²) in [5, 5.41) is 0. The summed E-state index contributed by atoms with van der Waals surface area (Å²) in [6, 6.07) is 8.48.